The highest BCUT2D eigenvalue weighted by molar-refractivity contribution is 6.33. The molecule has 1 fully saturated rings. The lowest BCUT2D eigenvalue weighted by molar-refractivity contribution is 0.0336. The summed E-state index contributed by atoms with van der Waals surface area (Å²) < 4.78 is 7.72. The highest BCUT2D eigenvalue weighted by Gasteiger charge is 2.19. The molecule has 1 aliphatic heterocycles. The lowest BCUT2D eigenvalue weighted by atomic mass is 10.1. The number of hydrogen-bond acceptors (Lipinski definition) is 3. The average molecular weight is 438 g/mol. The van der Waals surface area contributed by atoms with Gasteiger partial charge in [0.05, 0.1) is 24.6 Å². The predicted octanol–water partition coefficient (Wildman–Crippen LogP) is 5.81. The second kappa shape index (κ2) is 8.40. The summed E-state index contributed by atoms with van der Waals surface area (Å²) in [4.78, 5) is 7.38. The number of hydrogen-bond donors (Lipinski definition) is 0. The molecular formula is C24H21Cl2N3O. The molecule has 4 aromatic rings. The van der Waals surface area contributed by atoms with Gasteiger partial charge in [-0.15, -0.1) is 0 Å². The molecular weight excluding hydrogens is 417 g/mol. The molecule has 0 aliphatic carbocycles. The number of nitrogens with zero attached hydrogens (tertiary/aromatic N) is 3. The van der Waals surface area contributed by atoms with Crippen LogP contribution in [0.15, 0.2) is 66.9 Å². The molecule has 6 heteroatoms. The first-order valence-electron chi connectivity index (χ1n) is 10.0. The predicted molar refractivity (Wildman–Crippen MR) is 122 cm³/mol. The molecule has 0 unspecified atom stereocenters. The highest BCUT2D eigenvalue weighted by atomic mass is 35.5. The van der Waals surface area contributed by atoms with Crippen LogP contribution in [0.4, 0.5) is 0 Å². The zero-order valence-corrected chi connectivity index (χ0v) is 17.9. The molecule has 0 atom stereocenters. The third-order valence-electron chi connectivity index (χ3n) is 5.50. The molecule has 3 heterocycles. The Balaban J connectivity index is 1.65. The summed E-state index contributed by atoms with van der Waals surface area (Å²) >= 11 is 12.6. The number of imidazole rings is 1. The van der Waals surface area contributed by atoms with Gasteiger partial charge in [-0.05, 0) is 35.9 Å². The van der Waals surface area contributed by atoms with Gasteiger partial charge in [0.25, 0.3) is 0 Å². The van der Waals surface area contributed by atoms with Crippen LogP contribution in [-0.4, -0.2) is 40.6 Å². The maximum atomic E-state index is 6.46. The third kappa shape index (κ3) is 3.84. The third-order valence-corrected chi connectivity index (χ3v) is 6.08. The van der Waals surface area contributed by atoms with Crippen molar-refractivity contribution in [1.82, 2.24) is 14.3 Å². The van der Waals surface area contributed by atoms with Crippen LogP contribution in [0.3, 0.4) is 0 Å². The Labute approximate surface area is 185 Å². The van der Waals surface area contributed by atoms with Gasteiger partial charge in [0.15, 0.2) is 0 Å². The molecule has 1 saturated heterocycles. The summed E-state index contributed by atoms with van der Waals surface area (Å²) in [5, 5.41) is 1.46. The molecule has 0 N–H and O–H groups in total. The molecule has 0 amide bonds. The van der Waals surface area contributed by atoms with Gasteiger partial charge in [0.1, 0.15) is 5.65 Å². The molecule has 30 heavy (non-hydrogen) atoms. The number of pyridine rings is 1. The fourth-order valence-electron chi connectivity index (χ4n) is 3.91. The van der Waals surface area contributed by atoms with E-state index < -0.39 is 0 Å². The van der Waals surface area contributed by atoms with Crippen molar-refractivity contribution in [3.05, 3.63) is 82.6 Å². The van der Waals surface area contributed by atoms with Crippen LogP contribution in [0.5, 0.6) is 0 Å². The van der Waals surface area contributed by atoms with Gasteiger partial charge in [0.2, 0.25) is 0 Å². The van der Waals surface area contributed by atoms with E-state index in [-0.39, 0.29) is 0 Å². The second-order valence-corrected chi connectivity index (χ2v) is 8.27. The Morgan fingerprint density at radius 2 is 1.60 bits per heavy atom. The van der Waals surface area contributed by atoms with E-state index in [9.17, 15) is 0 Å². The first-order chi connectivity index (χ1) is 14.7. The largest absolute Gasteiger partial charge is 0.379 e. The van der Waals surface area contributed by atoms with Crippen LogP contribution < -0.4 is 0 Å². The van der Waals surface area contributed by atoms with Crippen molar-refractivity contribution in [2.45, 2.75) is 6.54 Å². The van der Waals surface area contributed by atoms with E-state index in [1.54, 1.807) is 0 Å². The van der Waals surface area contributed by atoms with Gasteiger partial charge >= 0.3 is 0 Å². The summed E-state index contributed by atoms with van der Waals surface area (Å²) in [5.74, 6) is 0. The maximum Gasteiger partial charge on any atom is 0.137 e. The average Bonchev–Trinajstić information content (AvgIpc) is 3.13. The van der Waals surface area contributed by atoms with Gasteiger partial charge in [-0.25, -0.2) is 4.98 Å². The first kappa shape index (κ1) is 19.6. The number of aromatic nitrogens is 2. The molecule has 152 valence electrons. The Morgan fingerprint density at radius 1 is 0.867 bits per heavy atom. The zero-order chi connectivity index (χ0) is 20.5. The monoisotopic (exact) mass is 437 g/mol. The number of rotatable bonds is 4. The number of benzene rings is 2. The smallest absolute Gasteiger partial charge is 0.137 e. The van der Waals surface area contributed by atoms with Crippen LogP contribution >= 0.6 is 23.2 Å². The van der Waals surface area contributed by atoms with Crippen LogP contribution in [0.1, 0.15) is 5.69 Å². The Hall–Kier alpha value is -2.37. The van der Waals surface area contributed by atoms with Crippen molar-refractivity contribution in [3.63, 3.8) is 0 Å². The van der Waals surface area contributed by atoms with Gasteiger partial charge in [-0.1, -0.05) is 53.5 Å². The number of morpholine rings is 1. The zero-order valence-electron chi connectivity index (χ0n) is 16.4. The fraction of sp³-hybridized carbons (Fsp3) is 0.208. The highest BCUT2D eigenvalue weighted by Crippen LogP contribution is 2.31. The summed E-state index contributed by atoms with van der Waals surface area (Å²) in [7, 11) is 0. The first-order valence-corrected chi connectivity index (χ1v) is 10.8. The summed E-state index contributed by atoms with van der Waals surface area (Å²) in [6.45, 7) is 4.15. The normalized spacial score (nSPS) is 15.0. The van der Waals surface area contributed by atoms with Gasteiger partial charge in [-0.3, -0.25) is 4.90 Å². The van der Waals surface area contributed by atoms with Crippen LogP contribution in [-0.2, 0) is 11.3 Å². The van der Waals surface area contributed by atoms with Crippen LogP contribution in [0, 0.1) is 0 Å². The quantitative estimate of drug-likeness (QED) is 0.403. The summed E-state index contributed by atoms with van der Waals surface area (Å²) in [5.41, 5.74) is 6.19. The molecule has 1 aliphatic rings. The van der Waals surface area contributed by atoms with Gasteiger partial charge < -0.3 is 9.14 Å². The maximum absolute atomic E-state index is 6.46. The van der Waals surface area contributed by atoms with Gasteiger partial charge in [-0.2, -0.15) is 0 Å². The van der Waals surface area contributed by atoms with Crippen molar-refractivity contribution in [2.24, 2.45) is 0 Å². The second-order valence-electron chi connectivity index (χ2n) is 7.43. The SMILES string of the molecule is Clc1ccc(-c2nc3ccc(-c4ccccc4Cl)cn3c2CN2CCOCC2)cc1. The lowest BCUT2D eigenvalue weighted by Gasteiger charge is -2.26. The van der Waals surface area contributed by atoms with E-state index in [4.69, 9.17) is 32.9 Å². The standard InChI is InChI=1S/C24H21Cl2N3O/c25-19-8-5-17(6-9-19)24-22(16-28-11-13-30-14-12-28)29-15-18(7-10-23(29)27-24)20-3-1-2-4-21(20)26/h1-10,15H,11-14,16H2. The summed E-state index contributed by atoms with van der Waals surface area (Å²) in [6.07, 6.45) is 2.14. The van der Waals surface area contributed by atoms with E-state index in [0.29, 0.717) is 0 Å². The molecule has 2 aromatic carbocycles. The summed E-state index contributed by atoms with van der Waals surface area (Å²) in [6, 6.07) is 19.9. The Morgan fingerprint density at radius 3 is 2.37 bits per heavy atom. The minimum absolute atomic E-state index is 0.721. The van der Waals surface area contributed by atoms with E-state index in [1.165, 1.54) is 0 Å². The number of halogens is 2. The van der Waals surface area contributed by atoms with Crippen molar-refractivity contribution in [2.75, 3.05) is 26.3 Å². The van der Waals surface area contributed by atoms with E-state index in [0.717, 1.165) is 76.6 Å². The Bertz CT molecular complexity index is 1180. The molecule has 0 radical (unpaired) electrons. The number of fused-ring (bicyclic) bond motifs is 1. The molecule has 0 bridgehead atoms. The molecule has 2 aromatic heterocycles. The van der Waals surface area contributed by atoms with Crippen molar-refractivity contribution in [3.8, 4) is 22.4 Å². The van der Waals surface area contributed by atoms with Crippen LogP contribution in [0.25, 0.3) is 28.0 Å². The van der Waals surface area contributed by atoms with E-state index in [2.05, 4.69) is 27.6 Å². The minimum atomic E-state index is 0.721. The molecule has 4 nitrogen and oxygen atoms in total. The van der Waals surface area contributed by atoms with E-state index >= 15 is 0 Å². The number of ether oxygens (including phenoxy) is 1. The van der Waals surface area contributed by atoms with Crippen molar-refractivity contribution in [1.29, 1.82) is 0 Å². The van der Waals surface area contributed by atoms with Crippen molar-refractivity contribution >= 4 is 28.8 Å². The molecule has 5 rings (SSSR count). The Kier molecular flexibility index (Phi) is 5.48. The molecule has 0 spiro atoms. The topological polar surface area (TPSA) is 29.8 Å². The minimum Gasteiger partial charge on any atom is -0.379 e. The fourth-order valence-corrected chi connectivity index (χ4v) is 4.28. The van der Waals surface area contributed by atoms with Gasteiger partial charge in [0, 0.05) is 47.0 Å². The van der Waals surface area contributed by atoms with Crippen LogP contribution in [0.2, 0.25) is 10.0 Å². The van der Waals surface area contributed by atoms with Crippen molar-refractivity contribution < 1.29 is 4.74 Å². The molecule has 0 saturated carbocycles. The van der Waals surface area contributed by atoms with E-state index in [1.807, 2.05) is 48.5 Å². The lowest BCUT2D eigenvalue weighted by Crippen LogP contribution is -2.36.